The Labute approximate surface area is 118 Å². The number of hydrazone groups is 1. The predicted octanol–water partition coefficient (Wildman–Crippen LogP) is 3.80. The maximum Gasteiger partial charge on any atom is 0.271 e. The minimum Gasteiger partial charge on any atom is -0.278 e. The molecule has 6 heteroatoms. The van der Waals surface area contributed by atoms with Crippen LogP contribution in [0.2, 0.25) is 0 Å². The second-order valence-electron chi connectivity index (χ2n) is 3.70. The van der Waals surface area contributed by atoms with E-state index in [1.54, 1.807) is 18.3 Å². The zero-order chi connectivity index (χ0) is 13.7. The summed E-state index contributed by atoms with van der Waals surface area (Å²) in [6.07, 6.45) is 1.64. The number of non-ortho nitro benzene ring substituents is 1. The molecular formula is C13H10BrN3O2. The van der Waals surface area contributed by atoms with Crippen molar-refractivity contribution in [2.24, 2.45) is 5.10 Å². The Balaban J connectivity index is 2.09. The summed E-state index contributed by atoms with van der Waals surface area (Å²) in [6.45, 7) is 0. The van der Waals surface area contributed by atoms with Crippen LogP contribution in [-0.4, -0.2) is 11.1 Å². The van der Waals surface area contributed by atoms with Gasteiger partial charge in [0.2, 0.25) is 0 Å². The summed E-state index contributed by atoms with van der Waals surface area (Å²) in [5, 5.41) is 14.7. The van der Waals surface area contributed by atoms with Crippen molar-refractivity contribution in [3.8, 4) is 0 Å². The number of anilines is 1. The Morgan fingerprint density at radius 1 is 1.21 bits per heavy atom. The number of hydrogen-bond donors (Lipinski definition) is 1. The van der Waals surface area contributed by atoms with Crippen LogP contribution in [0.5, 0.6) is 0 Å². The molecule has 19 heavy (non-hydrogen) atoms. The van der Waals surface area contributed by atoms with Crippen LogP contribution in [0.4, 0.5) is 11.4 Å². The van der Waals surface area contributed by atoms with E-state index in [1.165, 1.54) is 12.1 Å². The molecule has 0 atom stereocenters. The van der Waals surface area contributed by atoms with Crippen molar-refractivity contribution in [1.29, 1.82) is 0 Å². The molecule has 0 radical (unpaired) electrons. The highest BCUT2D eigenvalue weighted by molar-refractivity contribution is 9.10. The van der Waals surface area contributed by atoms with Crippen LogP contribution < -0.4 is 5.43 Å². The van der Waals surface area contributed by atoms with Gasteiger partial charge in [0.25, 0.3) is 5.69 Å². The maximum atomic E-state index is 10.6. The first-order valence-electron chi connectivity index (χ1n) is 5.45. The first-order valence-corrected chi connectivity index (χ1v) is 6.24. The molecule has 2 aromatic rings. The fourth-order valence-electron chi connectivity index (χ4n) is 1.45. The molecule has 0 aliphatic carbocycles. The molecular weight excluding hydrogens is 310 g/mol. The molecule has 0 aliphatic heterocycles. The molecule has 2 aromatic carbocycles. The molecule has 0 fully saturated rings. The van der Waals surface area contributed by atoms with Crippen molar-refractivity contribution in [2.75, 3.05) is 5.43 Å². The molecule has 0 aromatic heterocycles. The SMILES string of the molecule is O=[N+]([O-])c1cccc(N/N=C/c2ccccc2Br)c1. The Morgan fingerprint density at radius 2 is 2.00 bits per heavy atom. The molecule has 0 bridgehead atoms. The molecule has 0 amide bonds. The molecule has 0 saturated heterocycles. The summed E-state index contributed by atoms with van der Waals surface area (Å²) in [4.78, 5) is 10.2. The summed E-state index contributed by atoms with van der Waals surface area (Å²) < 4.78 is 0.930. The third-order valence-corrected chi connectivity index (χ3v) is 3.08. The third kappa shape index (κ3) is 3.62. The maximum absolute atomic E-state index is 10.6. The average molecular weight is 320 g/mol. The highest BCUT2D eigenvalue weighted by Crippen LogP contribution is 2.17. The van der Waals surface area contributed by atoms with Gasteiger partial charge in [-0.05, 0) is 12.1 Å². The van der Waals surface area contributed by atoms with Gasteiger partial charge < -0.3 is 0 Å². The second-order valence-corrected chi connectivity index (χ2v) is 4.55. The number of nitro benzene ring substituents is 1. The molecule has 0 heterocycles. The van der Waals surface area contributed by atoms with Gasteiger partial charge in [-0.2, -0.15) is 5.10 Å². The van der Waals surface area contributed by atoms with Crippen molar-refractivity contribution in [3.05, 3.63) is 68.7 Å². The van der Waals surface area contributed by atoms with Crippen molar-refractivity contribution in [3.63, 3.8) is 0 Å². The minimum atomic E-state index is -0.442. The van der Waals surface area contributed by atoms with Crippen molar-refractivity contribution in [1.82, 2.24) is 0 Å². The average Bonchev–Trinajstić information content (AvgIpc) is 2.41. The lowest BCUT2D eigenvalue weighted by atomic mass is 10.2. The number of hydrogen-bond acceptors (Lipinski definition) is 4. The number of nitrogens with zero attached hydrogens (tertiary/aromatic N) is 2. The van der Waals surface area contributed by atoms with E-state index in [9.17, 15) is 10.1 Å². The third-order valence-electron chi connectivity index (χ3n) is 2.36. The standard InChI is InChI=1S/C13H10BrN3O2/c14-13-7-2-1-4-10(13)9-15-16-11-5-3-6-12(8-11)17(18)19/h1-9,16H/b15-9+. The van der Waals surface area contributed by atoms with Crippen LogP contribution in [0.1, 0.15) is 5.56 Å². The van der Waals surface area contributed by atoms with Gasteiger partial charge in [-0.3, -0.25) is 15.5 Å². The normalized spacial score (nSPS) is 10.6. The number of nitrogens with one attached hydrogen (secondary N) is 1. The van der Waals surface area contributed by atoms with Gasteiger partial charge in [0.15, 0.2) is 0 Å². The van der Waals surface area contributed by atoms with Crippen LogP contribution >= 0.6 is 15.9 Å². The minimum absolute atomic E-state index is 0.0288. The zero-order valence-corrected chi connectivity index (χ0v) is 11.4. The van der Waals surface area contributed by atoms with Crippen molar-refractivity contribution in [2.45, 2.75) is 0 Å². The van der Waals surface area contributed by atoms with Gasteiger partial charge in [0.1, 0.15) is 0 Å². The van der Waals surface area contributed by atoms with Gasteiger partial charge in [0.05, 0.1) is 16.8 Å². The molecule has 2 rings (SSSR count). The molecule has 0 spiro atoms. The summed E-state index contributed by atoms with van der Waals surface area (Å²) in [6, 6.07) is 13.8. The van der Waals surface area contributed by atoms with E-state index in [0.29, 0.717) is 5.69 Å². The number of rotatable bonds is 4. The van der Waals surface area contributed by atoms with Gasteiger partial charge in [-0.15, -0.1) is 0 Å². The van der Waals surface area contributed by atoms with Crippen LogP contribution in [0.15, 0.2) is 58.1 Å². The van der Waals surface area contributed by atoms with Gasteiger partial charge in [-0.1, -0.05) is 40.2 Å². The number of halogens is 1. The molecule has 0 unspecified atom stereocenters. The molecule has 0 saturated carbocycles. The zero-order valence-electron chi connectivity index (χ0n) is 9.79. The molecule has 5 nitrogen and oxygen atoms in total. The van der Waals surface area contributed by atoms with Crippen LogP contribution in [-0.2, 0) is 0 Å². The predicted molar refractivity (Wildman–Crippen MR) is 78.5 cm³/mol. The second kappa shape index (κ2) is 6.10. The first kappa shape index (κ1) is 13.2. The van der Waals surface area contributed by atoms with E-state index in [0.717, 1.165) is 10.0 Å². The van der Waals surface area contributed by atoms with E-state index < -0.39 is 4.92 Å². The Kier molecular flexibility index (Phi) is 4.25. The molecule has 96 valence electrons. The van der Waals surface area contributed by atoms with Crippen LogP contribution in [0.3, 0.4) is 0 Å². The van der Waals surface area contributed by atoms with Gasteiger partial charge >= 0.3 is 0 Å². The Bertz CT molecular complexity index is 629. The fourth-order valence-corrected chi connectivity index (χ4v) is 1.83. The van der Waals surface area contributed by atoms with E-state index in [2.05, 4.69) is 26.5 Å². The fraction of sp³-hybridized carbons (Fsp3) is 0. The lowest BCUT2D eigenvalue weighted by Crippen LogP contribution is -1.93. The van der Waals surface area contributed by atoms with Gasteiger partial charge in [0, 0.05) is 22.2 Å². The van der Waals surface area contributed by atoms with E-state index >= 15 is 0 Å². The van der Waals surface area contributed by atoms with E-state index in [4.69, 9.17) is 0 Å². The van der Waals surface area contributed by atoms with E-state index in [1.807, 2.05) is 24.3 Å². The summed E-state index contributed by atoms with van der Waals surface area (Å²) in [5.74, 6) is 0. The van der Waals surface area contributed by atoms with E-state index in [-0.39, 0.29) is 5.69 Å². The number of benzene rings is 2. The summed E-state index contributed by atoms with van der Waals surface area (Å²) >= 11 is 3.41. The lowest BCUT2D eigenvalue weighted by Gasteiger charge is -2.00. The first-order chi connectivity index (χ1) is 9.16. The van der Waals surface area contributed by atoms with Crippen LogP contribution in [0, 0.1) is 10.1 Å². The Hall–Kier alpha value is -2.21. The summed E-state index contributed by atoms with van der Waals surface area (Å²) in [7, 11) is 0. The Morgan fingerprint density at radius 3 is 2.74 bits per heavy atom. The molecule has 1 N–H and O–H groups in total. The highest BCUT2D eigenvalue weighted by Gasteiger charge is 2.04. The smallest absolute Gasteiger partial charge is 0.271 e. The van der Waals surface area contributed by atoms with Crippen molar-refractivity contribution < 1.29 is 4.92 Å². The van der Waals surface area contributed by atoms with Gasteiger partial charge in [-0.25, -0.2) is 0 Å². The topological polar surface area (TPSA) is 67.5 Å². The van der Waals surface area contributed by atoms with Crippen LogP contribution in [0.25, 0.3) is 0 Å². The highest BCUT2D eigenvalue weighted by atomic mass is 79.9. The quantitative estimate of drug-likeness (QED) is 0.529. The monoisotopic (exact) mass is 319 g/mol. The largest absolute Gasteiger partial charge is 0.278 e. The molecule has 0 aliphatic rings. The van der Waals surface area contributed by atoms with Crippen molar-refractivity contribution >= 4 is 33.5 Å². The lowest BCUT2D eigenvalue weighted by molar-refractivity contribution is -0.384. The summed E-state index contributed by atoms with van der Waals surface area (Å²) in [5.41, 5.74) is 4.27. The number of nitro groups is 1.